The van der Waals surface area contributed by atoms with Crippen molar-refractivity contribution in [1.29, 1.82) is 0 Å². The van der Waals surface area contributed by atoms with Gasteiger partial charge >= 0.3 is 12.2 Å². The Balaban J connectivity index is 1.38. The second kappa shape index (κ2) is 11.2. The van der Waals surface area contributed by atoms with Crippen LogP contribution >= 0.6 is 11.6 Å². The Labute approximate surface area is 258 Å². The van der Waals surface area contributed by atoms with Crippen LogP contribution in [0.4, 0.5) is 37.8 Å². The Morgan fingerprint density at radius 2 is 1.98 bits per heavy atom. The molecule has 0 spiro atoms. The number of aryl methyl sites for hydroxylation is 1. The number of amides is 1. The molecule has 17 heteroatoms. The minimum Gasteiger partial charge on any atom is -0.463 e. The first-order valence-corrected chi connectivity index (χ1v) is 14.4. The fraction of sp³-hybridized carbons (Fsp3) is 0.500. The van der Waals surface area contributed by atoms with Crippen LogP contribution in [0.25, 0.3) is 0 Å². The van der Waals surface area contributed by atoms with Crippen molar-refractivity contribution in [3.63, 3.8) is 0 Å². The topological polar surface area (TPSA) is 112 Å². The molecule has 0 radical (unpaired) electrons. The number of aromatic nitrogens is 4. The average Bonchev–Trinajstić information content (AvgIpc) is 3.56. The lowest BCUT2D eigenvalue weighted by Crippen LogP contribution is -2.29. The number of carbonyl (C=O) groups excluding carboxylic acids is 1. The Morgan fingerprint density at radius 3 is 2.64 bits per heavy atom. The van der Waals surface area contributed by atoms with Gasteiger partial charge in [-0.05, 0) is 18.6 Å². The summed E-state index contributed by atoms with van der Waals surface area (Å²) in [4.78, 5) is 24.7. The predicted molar refractivity (Wildman–Crippen MR) is 149 cm³/mol. The van der Waals surface area contributed by atoms with E-state index in [-0.39, 0.29) is 66.7 Å². The van der Waals surface area contributed by atoms with Crippen LogP contribution in [0.5, 0.6) is 6.01 Å². The standard InChI is InChI=1S/C28H28ClF6N7O3/c1-40(2)25(43)23-21(29)18-10-41(6-3-7-42(18)39-23)24-14-12-44-19(20-15(28(33,34)35)4-5-16(36)22(20)30)8-17(14)37-26(38-24)45-11-13-9-27(13,31)32/h4-5,13,19H,3,6-12,36H2,1-2H3. The van der Waals surface area contributed by atoms with E-state index in [2.05, 4.69) is 15.1 Å². The van der Waals surface area contributed by atoms with E-state index in [0.717, 1.165) is 6.07 Å². The first kappa shape index (κ1) is 31.2. The van der Waals surface area contributed by atoms with E-state index in [1.807, 2.05) is 0 Å². The van der Waals surface area contributed by atoms with E-state index in [0.29, 0.717) is 36.8 Å². The van der Waals surface area contributed by atoms with Crippen molar-refractivity contribution in [2.45, 2.75) is 57.2 Å². The van der Waals surface area contributed by atoms with Crippen molar-refractivity contribution in [3.05, 3.63) is 56.7 Å². The molecule has 1 amide bonds. The molecule has 4 heterocycles. The molecule has 2 aromatic heterocycles. The molecule has 45 heavy (non-hydrogen) atoms. The molecule has 2 N–H and O–H groups in total. The predicted octanol–water partition coefficient (Wildman–Crippen LogP) is 5.03. The van der Waals surface area contributed by atoms with Crippen molar-refractivity contribution in [2.24, 2.45) is 5.92 Å². The fourth-order valence-corrected chi connectivity index (χ4v) is 5.83. The number of benzene rings is 1. The Morgan fingerprint density at radius 1 is 1.24 bits per heavy atom. The monoisotopic (exact) mass is 659 g/mol. The number of alkyl halides is 5. The van der Waals surface area contributed by atoms with Crippen LogP contribution in [0, 0.1) is 11.7 Å². The fourth-order valence-electron chi connectivity index (χ4n) is 5.55. The van der Waals surface area contributed by atoms with Gasteiger partial charge in [0.05, 0.1) is 52.8 Å². The second-order valence-corrected chi connectivity index (χ2v) is 11.8. The first-order valence-electron chi connectivity index (χ1n) is 14.0. The van der Waals surface area contributed by atoms with Gasteiger partial charge in [0, 0.05) is 51.2 Å². The summed E-state index contributed by atoms with van der Waals surface area (Å²) in [5.74, 6) is -5.24. The smallest absolute Gasteiger partial charge is 0.416 e. The number of hydrogen-bond acceptors (Lipinski definition) is 8. The summed E-state index contributed by atoms with van der Waals surface area (Å²) in [6.07, 6.45) is -6.43. The van der Waals surface area contributed by atoms with Gasteiger partial charge in [0.1, 0.15) is 12.4 Å². The first-order chi connectivity index (χ1) is 21.2. The minimum atomic E-state index is -4.89. The van der Waals surface area contributed by atoms with Gasteiger partial charge in [-0.1, -0.05) is 11.6 Å². The Bertz CT molecular complexity index is 1660. The molecule has 2 unspecified atom stereocenters. The van der Waals surface area contributed by atoms with Gasteiger partial charge in [-0.2, -0.15) is 28.2 Å². The molecule has 0 bridgehead atoms. The SMILES string of the molecule is CN(C)C(=O)c1nn2c(c1Cl)CN(c1nc(OCC3CC3(F)F)nc3c1COC(c1c(C(F)(F)F)ccc(N)c1F)C3)CCC2. The normalized spacial score (nSPS) is 20.7. The molecule has 1 fully saturated rings. The van der Waals surface area contributed by atoms with Crippen LogP contribution in [0.15, 0.2) is 12.1 Å². The Kier molecular flexibility index (Phi) is 7.78. The average molecular weight is 660 g/mol. The molecular formula is C28H28ClF6N7O3. The number of nitrogens with two attached hydrogens (primary N) is 1. The van der Waals surface area contributed by atoms with Crippen LogP contribution in [0.3, 0.4) is 0 Å². The number of anilines is 2. The quantitative estimate of drug-likeness (QED) is 0.290. The maximum absolute atomic E-state index is 15.1. The summed E-state index contributed by atoms with van der Waals surface area (Å²) >= 11 is 6.62. The third-order valence-electron chi connectivity index (χ3n) is 8.10. The van der Waals surface area contributed by atoms with E-state index >= 15 is 4.39 Å². The molecule has 1 aliphatic carbocycles. The van der Waals surface area contributed by atoms with Gasteiger partial charge in [-0.25, -0.2) is 13.2 Å². The minimum absolute atomic E-state index is 0.0772. The lowest BCUT2D eigenvalue weighted by atomic mass is 9.94. The second-order valence-electron chi connectivity index (χ2n) is 11.5. The number of nitrogen functional groups attached to an aromatic ring is 1. The number of carbonyl (C=O) groups is 1. The summed E-state index contributed by atoms with van der Waals surface area (Å²) in [5, 5.41) is 4.55. The van der Waals surface area contributed by atoms with Crippen molar-refractivity contribution in [3.8, 4) is 6.01 Å². The third-order valence-corrected chi connectivity index (χ3v) is 8.50. The molecule has 6 rings (SSSR count). The molecule has 10 nitrogen and oxygen atoms in total. The summed E-state index contributed by atoms with van der Waals surface area (Å²) in [6.45, 7) is 0.290. The van der Waals surface area contributed by atoms with Gasteiger partial charge < -0.3 is 25.0 Å². The number of nitrogens with zero attached hydrogens (tertiary/aromatic N) is 6. The lowest BCUT2D eigenvalue weighted by molar-refractivity contribution is -0.140. The van der Waals surface area contributed by atoms with Crippen molar-refractivity contribution >= 4 is 29.0 Å². The van der Waals surface area contributed by atoms with E-state index in [1.165, 1.54) is 4.90 Å². The van der Waals surface area contributed by atoms with Crippen molar-refractivity contribution in [2.75, 3.05) is 37.9 Å². The molecule has 3 aliphatic rings. The molecule has 1 aromatic carbocycles. The van der Waals surface area contributed by atoms with Crippen LogP contribution in [-0.2, 0) is 37.0 Å². The van der Waals surface area contributed by atoms with Gasteiger partial charge in [0.25, 0.3) is 11.8 Å². The van der Waals surface area contributed by atoms with E-state index < -0.39 is 46.8 Å². The van der Waals surface area contributed by atoms with Crippen LogP contribution in [-0.4, -0.2) is 63.7 Å². The zero-order valence-corrected chi connectivity index (χ0v) is 24.9. The third kappa shape index (κ3) is 5.85. The maximum Gasteiger partial charge on any atom is 0.416 e. The highest BCUT2D eigenvalue weighted by molar-refractivity contribution is 6.34. The van der Waals surface area contributed by atoms with Crippen molar-refractivity contribution < 1.29 is 40.6 Å². The highest BCUT2D eigenvalue weighted by Crippen LogP contribution is 2.49. The number of rotatable bonds is 6. The van der Waals surface area contributed by atoms with Gasteiger partial charge in [0.2, 0.25) is 0 Å². The molecule has 242 valence electrons. The lowest BCUT2D eigenvalue weighted by Gasteiger charge is -2.31. The maximum atomic E-state index is 15.1. The summed E-state index contributed by atoms with van der Waals surface area (Å²) < 4.78 is 97.0. The summed E-state index contributed by atoms with van der Waals surface area (Å²) in [7, 11) is 3.14. The van der Waals surface area contributed by atoms with Crippen LogP contribution < -0.4 is 15.4 Å². The van der Waals surface area contributed by atoms with Gasteiger partial charge in [-0.15, -0.1) is 0 Å². The molecule has 3 aromatic rings. The zero-order chi connectivity index (χ0) is 32.4. The number of hydrogen-bond donors (Lipinski definition) is 1. The summed E-state index contributed by atoms with van der Waals surface area (Å²) in [6, 6.07) is 1.27. The van der Waals surface area contributed by atoms with E-state index in [4.69, 9.17) is 26.8 Å². The molecule has 2 atom stereocenters. The number of halogens is 7. The number of fused-ring (bicyclic) bond motifs is 2. The largest absolute Gasteiger partial charge is 0.463 e. The van der Waals surface area contributed by atoms with Gasteiger partial charge in [-0.3, -0.25) is 9.48 Å². The van der Waals surface area contributed by atoms with Crippen LogP contribution in [0.2, 0.25) is 5.02 Å². The molecule has 0 saturated heterocycles. The number of ether oxygens (including phenoxy) is 2. The molecule has 1 saturated carbocycles. The molecule has 2 aliphatic heterocycles. The van der Waals surface area contributed by atoms with Gasteiger partial charge in [0.15, 0.2) is 11.5 Å². The highest BCUT2D eigenvalue weighted by atomic mass is 35.5. The zero-order valence-electron chi connectivity index (χ0n) is 24.1. The van der Waals surface area contributed by atoms with E-state index in [1.54, 1.807) is 23.7 Å². The Hall–Kier alpha value is -3.79. The molecular weight excluding hydrogens is 632 g/mol. The van der Waals surface area contributed by atoms with Crippen LogP contribution in [0.1, 0.15) is 57.5 Å². The van der Waals surface area contributed by atoms with Crippen molar-refractivity contribution in [1.82, 2.24) is 24.6 Å². The summed E-state index contributed by atoms with van der Waals surface area (Å²) in [5.41, 5.74) is 4.37. The van der Waals surface area contributed by atoms with E-state index in [9.17, 15) is 26.7 Å². The highest BCUT2D eigenvalue weighted by Gasteiger charge is 2.57.